The van der Waals surface area contributed by atoms with Gasteiger partial charge in [-0.1, -0.05) is 29.8 Å². The van der Waals surface area contributed by atoms with Crippen molar-refractivity contribution in [1.82, 2.24) is 15.5 Å². The van der Waals surface area contributed by atoms with Gasteiger partial charge in [0.2, 0.25) is 5.91 Å². The third-order valence-corrected chi connectivity index (χ3v) is 4.44. The quantitative estimate of drug-likeness (QED) is 0.851. The van der Waals surface area contributed by atoms with E-state index in [4.69, 9.17) is 0 Å². The number of nitrogens with one attached hydrogen (secondary N) is 2. The van der Waals surface area contributed by atoms with Crippen LogP contribution in [0.5, 0.6) is 0 Å². The molecule has 0 radical (unpaired) electrons. The van der Waals surface area contributed by atoms with E-state index in [0.717, 1.165) is 43.6 Å². The molecular weight excluding hydrogens is 250 g/mol. The standard InChI is InChI=1S/C16H23N3O/c1-12-2-4-13(5-3-12)6-18-16(20)11-19-9-14-7-17-8-15(14)10-19/h2-5,14-15,17H,6-11H2,1H3,(H,18,20). The monoisotopic (exact) mass is 273 g/mol. The molecule has 1 amide bonds. The molecule has 0 bridgehead atoms. The van der Waals surface area contributed by atoms with E-state index >= 15 is 0 Å². The topological polar surface area (TPSA) is 44.4 Å². The molecule has 2 N–H and O–H groups in total. The van der Waals surface area contributed by atoms with Gasteiger partial charge >= 0.3 is 0 Å². The molecule has 2 aliphatic rings. The molecule has 0 aliphatic carbocycles. The van der Waals surface area contributed by atoms with Crippen molar-refractivity contribution in [3.63, 3.8) is 0 Å². The maximum absolute atomic E-state index is 12.0. The van der Waals surface area contributed by atoms with E-state index in [9.17, 15) is 4.79 Å². The first kappa shape index (κ1) is 13.6. The van der Waals surface area contributed by atoms with Crippen molar-refractivity contribution in [2.24, 2.45) is 11.8 Å². The Morgan fingerprint density at radius 1 is 1.25 bits per heavy atom. The van der Waals surface area contributed by atoms with E-state index in [-0.39, 0.29) is 5.91 Å². The minimum Gasteiger partial charge on any atom is -0.351 e. The molecule has 0 saturated carbocycles. The van der Waals surface area contributed by atoms with Crippen molar-refractivity contribution in [3.05, 3.63) is 35.4 Å². The SMILES string of the molecule is Cc1ccc(CNC(=O)CN2CC3CNCC3C2)cc1. The molecule has 2 unspecified atom stereocenters. The first-order valence-electron chi connectivity index (χ1n) is 7.46. The molecule has 3 rings (SSSR count). The molecule has 1 aromatic carbocycles. The van der Waals surface area contributed by atoms with Crippen LogP contribution >= 0.6 is 0 Å². The molecule has 2 aliphatic heterocycles. The van der Waals surface area contributed by atoms with Crippen LogP contribution in [0, 0.1) is 18.8 Å². The zero-order valence-electron chi connectivity index (χ0n) is 12.1. The lowest BCUT2D eigenvalue weighted by Crippen LogP contribution is -2.37. The number of likely N-dealkylation sites (tertiary alicyclic amines) is 1. The van der Waals surface area contributed by atoms with Crippen LogP contribution in [0.2, 0.25) is 0 Å². The van der Waals surface area contributed by atoms with E-state index in [1.807, 2.05) is 0 Å². The van der Waals surface area contributed by atoms with Crippen molar-refractivity contribution in [2.75, 3.05) is 32.7 Å². The smallest absolute Gasteiger partial charge is 0.234 e. The number of carbonyl (C=O) groups is 1. The first-order chi connectivity index (χ1) is 9.70. The Balaban J connectivity index is 1.42. The van der Waals surface area contributed by atoms with Crippen LogP contribution < -0.4 is 10.6 Å². The van der Waals surface area contributed by atoms with Crippen molar-refractivity contribution in [2.45, 2.75) is 13.5 Å². The maximum atomic E-state index is 12.0. The van der Waals surface area contributed by atoms with Gasteiger partial charge in [0.05, 0.1) is 6.54 Å². The molecule has 0 spiro atoms. The second-order valence-corrected chi connectivity index (χ2v) is 6.13. The van der Waals surface area contributed by atoms with Crippen LogP contribution in [-0.2, 0) is 11.3 Å². The van der Waals surface area contributed by atoms with Gasteiger partial charge in [0.15, 0.2) is 0 Å². The van der Waals surface area contributed by atoms with E-state index in [2.05, 4.69) is 46.7 Å². The van der Waals surface area contributed by atoms with Gasteiger partial charge in [-0.2, -0.15) is 0 Å². The molecular formula is C16H23N3O. The third kappa shape index (κ3) is 3.19. The van der Waals surface area contributed by atoms with Gasteiger partial charge in [-0.15, -0.1) is 0 Å². The number of fused-ring (bicyclic) bond motifs is 1. The fraction of sp³-hybridized carbons (Fsp3) is 0.562. The number of hydrogen-bond donors (Lipinski definition) is 2. The Bertz CT molecular complexity index is 459. The zero-order chi connectivity index (χ0) is 13.9. The molecule has 20 heavy (non-hydrogen) atoms. The highest BCUT2D eigenvalue weighted by atomic mass is 16.2. The summed E-state index contributed by atoms with van der Waals surface area (Å²) in [5.41, 5.74) is 2.41. The molecule has 2 fully saturated rings. The highest BCUT2D eigenvalue weighted by Gasteiger charge is 2.36. The maximum Gasteiger partial charge on any atom is 0.234 e. The van der Waals surface area contributed by atoms with Gasteiger partial charge in [0, 0.05) is 19.6 Å². The number of amides is 1. The summed E-state index contributed by atoms with van der Waals surface area (Å²) >= 11 is 0. The molecule has 2 atom stereocenters. The molecule has 108 valence electrons. The second-order valence-electron chi connectivity index (χ2n) is 6.13. The minimum absolute atomic E-state index is 0.138. The molecule has 1 aromatic rings. The van der Waals surface area contributed by atoms with Gasteiger partial charge in [-0.05, 0) is 37.4 Å². The Hall–Kier alpha value is -1.39. The third-order valence-electron chi connectivity index (χ3n) is 4.44. The lowest BCUT2D eigenvalue weighted by atomic mass is 10.0. The van der Waals surface area contributed by atoms with Gasteiger partial charge in [-0.3, -0.25) is 9.69 Å². The van der Waals surface area contributed by atoms with Gasteiger partial charge in [0.25, 0.3) is 0 Å². The largest absolute Gasteiger partial charge is 0.351 e. The zero-order valence-corrected chi connectivity index (χ0v) is 12.1. The molecule has 4 heteroatoms. The Morgan fingerprint density at radius 2 is 1.90 bits per heavy atom. The van der Waals surface area contributed by atoms with Crippen molar-refractivity contribution in [3.8, 4) is 0 Å². The number of carbonyl (C=O) groups excluding carboxylic acids is 1. The molecule has 0 aromatic heterocycles. The van der Waals surface area contributed by atoms with Crippen LogP contribution in [0.3, 0.4) is 0 Å². The fourth-order valence-corrected chi connectivity index (χ4v) is 3.25. The van der Waals surface area contributed by atoms with Gasteiger partial charge < -0.3 is 10.6 Å². The average molecular weight is 273 g/mol. The second kappa shape index (κ2) is 5.94. The van der Waals surface area contributed by atoms with Gasteiger partial charge in [0.1, 0.15) is 0 Å². The van der Waals surface area contributed by atoms with Crippen LogP contribution in [0.25, 0.3) is 0 Å². The summed E-state index contributed by atoms with van der Waals surface area (Å²) in [6.45, 7) is 7.60. The number of hydrogen-bond acceptors (Lipinski definition) is 3. The summed E-state index contributed by atoms with van der Waals surface area (Å²) in [5, 5.41) is 6.44. The Labute approximate surface area is 120 Å². The van der Waals surface area contributed by atoms with E-state index in [1.165, 1.54) is 5.56 Å². The number of benzene rings is 1. The van der Waals surface area contributed by atoms with E-state index < -0.39 is 0 Å². The van der Waals surface area contributed by atoms with Crippen LogP contribution in [-0.4, -0.2) is 43.5 Å². The summed E-state index contributed by atoms with van der Waals surface area (Å²) in [6, 6.07) is 8.30. The van der Waals surface area contributed by atoms with Crippen LogP contribution in [0.4, 0.5) is 0 Å². The summed E-state index contributed by atoms with van der Waals surface area (Å²) in [7, 11) is 0. The predicted octanol–water partition coefficient (Wildman–Crippen LogP) is 0.762. The summed E-state index contributed by atoms with van der Waals surface area (Å²) in [5.74, 6) is 1.64. The van der Waals surface area contributed by atoms with Crippen molar-refractivity contribution >= 4 is 5.91 Å². The van der Waals surface area contributed by atoms with Crippen LogP contribution in [0.1, 0.15) is 11.1 Å². The number of aryl methyl sites for hydroxylation is 1. The predicted molar refractivity (Wildman–Crippen MR) is 79.3 cm³/mol. The molecule has 4 nitrogen and oxygen atoms in total. The average Bonchev–Trinajstić information content (AvgIpc) is 2.99. The summed E-state index contributed by atoms with van der Waals surface area (Å²) < 4.78 is 0. The molecule has 2 saturated heterocycles. The van der Waals surface area contributed by atoms with E-state index in [1.54, 1.807) is 0 Å². The first-order valence-corrected chi connectivity index (χ1v) is 7.46. The Morgan fingerprint density at radius 3 is 2.55 bits per heavy atom. The Kier molecular flexibility index (Phi) is 4.03. The van der Waals surface area contributed by atoms with Crippen molar-refractivity contribution < 1.29 is 4.79 Å². The lowest BCUT2D eigenvalue weighted by Gasteiger charge is -2.16. The van der Waals surface area contributed by atoms with Gasteiger partial charge in [-0.25, -0.2) is 0 Å². The highest BCUT2D eigenvalue weighted by molar-refractivity contribution is 5.78. The molecule has 2 heterocycles. The lowest BCUT2D eigenvalue weighted by molar-refractivity contribution is -0.122. The van der Waals surface area contributed by atoms with Crippen LogP contribution in [0.15, 0.2) is 24.3 Å². The minimum atomic E-state index is 0.138. The summed E-state index contributed by atoms with van der Waals surface area (Å²) in [4.78, 5) is 14.3. The normalized spacial score (nSPS) is 25.6. The summed E-state index contributed by atoms with van der Waals surface area (Å²) in [6.07, 6.45) is 0. The van der Waals surface area contributed by atoms with E-state index in [0.29, 0.717) is 13.1 Å². The number of nitrogens with zero attached hydrogens (tertiary/aromatic N) is 1. The highest BCUT2D eigenvalue weighted by Crippen LogP contribution is 2.25. The fourth-order valence-electron chi connectivity index (χ4n) is 3.25. The van der Waals surface area contributed by atoms with Crippen molar-refractivity contribution in [1.29, 1.82) is 0 Å². The number of rotatable bonds is 4.